The molecule has 4 heteroatoms. The van der Waals surface area contributed by atoms with E-state index in [0.29, 0.717) is 5.92 Å². The highest BCUT2D eigenvalue weighted by Gasteiger charge is 2.32. The molecular formula is C13H23NO3. The molecule has 2 atom stereocenters. The van der Waals surface area contributed by atoms with Crippen LogP contribution in [-0.2, 0) is 9.53 Å². The Kier molecular flexibility index (Phi) is 4.80. The van der Waals surface area contributed by atoms with Crippen LogP contribution in [0.1, 0.15) is 38.5 Å². The van der Waals surface area contributed by atoms with Crippen LogP contribution in [0.25, 0.3) is 0 Å². The zero-order chi connectivity index (χ0) is 12.1. The number of aliphatic carboxylic acids is 1. The quantitative estimate of drug-likeness (QED) is 0.814. The molecule has 2 rings (SSSR count). The van der Waals surface area contributed by atoms with Crippen LogP contribution in [-0.4, -0.2) is 48.3 Å². The Hall–Kier alpha value is -0.610. The summed E-state index contributed by atoms with van der Waals surface area (Å²) in [5.74, 6) is -0.254. The molecule has 1 N–H and O–H groups in total. The molecule has 2 unspecified atom stereocenters. The summed E-state index contributed by atoms with van der Waals surface area (Å²) in [4.78, 5) is 13.4. The molecular weight excluding hydrogens is 218 g/mol. The van der Waals surface area contributed by atoms with E-state index >= 15 is 0 Å². The molecule has 2 aliphatic heterocycles. The fourth-order valence-electron chi connectivity index (χ4n) is 3.06. The second kappa shape index (κ2) is 6.36. The molecule has 98 valence electrons. The number of carbonyl (C=O) groups is 1. The third-order valence-corrected chi connectivity index (χ3v) is 4.00. The normalized spacial score (nSPS) is 28.8. The zero-order valence-corrected chi connectivity index (χ0v) is 10.4. The van der Waals surface area contributed by atoms with Crippen LogP contribution in [0.3, 0.4) is 0 Å². The molecule has 0 saturated carbocycles. The first-order valence-corrected chi connectivity index (χ1v) is 6.81. The molecule has 0 aromatic carbocycles. The highest BCUT2D eigenvalue weighted by Crippen LogP contribution is 2.26. The number of hydrogen-bond acceptors (Lipinski definition) is 3. The van der Waals surface area contributed by atoms with Crippen molar-refractivity contribution >= 4 is 5.97 Å². The molecule has 0 radical (unpaired) electrons. The van der Waals surface area contributed by atoms with Gasteiger partial charge >= 0.3 is 5.97 Å². The number of ether oxygens (including phenoxy) is 1. The summed E-state index contributed by atoms with van der Waals surface area (Å²) in [6.45, 7) is 3.67. The first-order valence-electron chi connectivity index (χ1n) is 6.81. The number of likely N-dealkylation sites (tertiary alicyclic amines) is 1. The summed E-state index contributed by atoms with van der Waals surface area (Å²) in [7, 11) is 0. The van der Waals surface area contributed by atoms with E-state index in [1.165, 1.54) is 25.7 Å². The van der Waals surface area contributed by atoms with Gasteiger partial charge in [0.05, 0.1) is 13.0 Å². The van der Waals surface area contributed by atoms with E-state index in [4.69, 9.17) is 9.84 Å². The highest BCUT2D eigenvalue weighted by atomic mass is 16.5. The van der Waals surface area contributed by atoms with Gasteiger partial charge in [-0.25, -0.2) is 0 Å². The van der Waals surface area contributed by atoms with Crippen molar-refractivity contribution in [2.24, 2.45) is 5.92 Å². The lowest BCUT2D eigenvalue weighted by Crippen LogP contribution is -2.43. The van der Waals surface area contributed by atoms with Crippen molar-refractivity contribution < 1.29 is 14.6 Å². The van der Waals surface area contributed by atoms with Crippen molar-refractivity contribution in [3.63, 3.8) is 0 Å². The minimum Gasteiger partial charge on any atom is -0.481 e. The Morgan fingerprint density at radius 3 is 2.53 bits per heavy atom. The van der Waals surface area contributed by atoms with Crippen LogP contribution in [0.15, 0.2) is 0 Å². The molecule has 2 heterocycles. The third-order valence-electron chi connectivity index (χ3n) is 4.00. The van der Waals surface area contributed by atoms with Crippen LogP contribution in [0.4, 0.5) is 0 Å². The standard InChI is InChI=1S/C13H23NO3/c15-13(16)9-12(11-5-8-17-10-11)14-6-3-1-2-4-7-14/h11-12H,1-10H2,(H,15,16). The second-order valence-electron chi connectivity index (χ2n) is 5.24. The lowest BCUT2D eigenvalue weighted by Gasteiger charge is -2.33. The maximum atomic E-state index is 11.0. The Balaban J connectivity index is 1.98. The van der Waals surface area contributed by atoms with Crippen molar-refractivity contribution in [3.8, 4) is 0 Å². The number of nitrogens with zero attached hydrogens (tertiary/aromatic N) is 1. The van der Waals surface area contributed by atoms with E-state index in [0.717, 1.165) is 32.7 Å². The summed E-state index contributed by atoms with van der Waals surface area (Å²) >= 11 is 0. The van der Waals surface area contributed by atoms with Gasteiger partial charge < -0.3 is 9.84 Å². The predicted octanol–water partition coefficient (Wildman–Crippen LogP) is 1.74. The topological polar surface area (TPSA) is 49.8 Å². The Bertz CT molecular complexity index is 243. The van der Waals surface area contributed by atoms with Gasteiger partial charge in [0.1, 0.15) is 0 Å². The van der Waals surface area contributed by atoms with Gasteiger partial charge in [-0.05, 0) is 32.4 Å². The summed E-state index contributed by atoms with van der Waals surface area (Å²) in [5.41, 5.74) is 0. The summed E-state index contributed by atoms with van der Waals surface area (Å²) in [6.07, 6.45) is 6.30. The van der Waals surface area contributed by atoms with Crippen LogP contribution < -0.4 is 0 Å². The number of carboxylic acid groups (broad SMARTS) is 1. The molecule has 0 spiro atoms. The van der Waals surface area contributed by atoms with E-state index < -0.39 is 5.97 Å². The van der Waals surface area contributed by atoms with Gasteiger partial charge in [0, 0.05) is 18.6 Å². The van der Waals surface area contributed by atoms with E-state index in [1.54, 1.807) is 0 Å². The first-order chi connectivity index (χ1) is 8.27. The lowest BCUT2D eigenvalue weighted by atomic mass is 9.94. The van der Waals surface area contributed by atoms with Crippen molar-refractivity contribution in [3.05, 3.63) is 0 Å². The van der Waals surface area contributed by atoms with Crippen LogP contribution in [0, 0.1) is 5.92 Å². The average molecular weight is 241 g/mol. The fourth-order valence-corrected chi connectivity index (χ4v) is 3.06. The molecule has 0 aliphatic carbocycles. The summed E-state index contributed by atoms with van der Waals surface area (Å²) in [5, 5.41) is 9.08. The average Bonchev–Trinajstić information content (AvgIpc) is 2.68. The lowest BCUT2D eigenvalue weighted by molar-refractivity contribution is -0.139. The Morgan fingerprint density at radius 2 is 2.00 bits per heavy atom. The SMILES string of the molecule is O=C(O)CC(C1CCOC1)N1CCCCCC1. The molecule has 0 bridgehead atoms. The second-order valence-corrected chi connectivity index (χ2v) is 5.24. The number of rotatable bonds is 4. The van der Waals surface area contributed by atoms with Crippen molar-refractivity contribution in [1.29, 1.82) is 0 Å². The predicted molar refractivity (Wildman–Crippen MR) is 65.0 cm³/mol. The van der Waals surface area contributed by atoms with Crippen molar-refractivity contribution in [1.82, 2.24) is 4.90 Å². The van der Waals surface area contributed by atoms with Crippen molar-refractivity contribution in [2.45, 2.75) is 44.6 Å². The van der Waals surface area contributed by atoms with Gasteiger partial charge in [0.15, 0.2) is 0 Å². The number of hydrogen-bond donors (Lipinski definition) is 1. The molecule has 4 nitrogen and oxygen atoms in total. The maximum absolute atomic E-state index is 11.0. The largest absolute Gasteiger partial charge is 0.481 e. The minimum atomic E-state index is -0.675. The molecule has 2 saturated heterocycles. The van der Waals surface area contributed by atoms with Crippen molar-refractivity contribution in [2.75, 3.05) is 26.3 Å². The monoisotopic (exact) mass is 241 g/mol. The number of carboxylic acids is 1. The van der Waals surface area contributed by atoms with Crippen LogP contribution >= 0.6 is 0 Å². The summed E-state index contributed by atoms with van der Waals surface area (Å²) < 4.78 is 5.42. The molecule has 0 amide bonds. The van der Waals surface area contributed by atoms with Crippen LogP contribution in [0.2, 0.25) is 0 Å². The molecule has 0 aromatic heterocycles. The van der Waals surface area contributed by atoms with Gasteiger partial charge in [-0.2, -0.15) is 0 Å². The van der Waals surface area contributed by atoms with Gasteiger partial charge in [0.25, 0.3) is 0 Å². The maximum Gasteiger partial charge on any atom is 0.304 e. The van der Waals surface area contributed by atoms with E-state index in [9.17, 15) is 4.79 Å². The van der Waals surface area contributed by atoms with Gasteiger partial charge in [-0.3, -0.25) is 9.69 Å². The van der Waals surface area contributed by atoms with Gasteiger partial charge in [0.2, 0.25) is 0 Å². The fraction of sp³-hybridized carbons (Fsp3) is 0.923. The Labute approximate surface area is 103 Å². The molecule has 2 aliphatic rings. The Morgan fingerprint density at radius 1 is 1.29 bits per heavy atom. The first kappa shape index (κ1) is 12.8. The smallest absolute Gasteiger partial charge is 0.304 e. The van der Waals surface area contributed by atoms with E-state index in [2.05, 4.69) is 4.90 Å². The molecule has 17 heavy (non-hydrogen) atoms. The van der Waals surface area contributed by atoms with Gasteiger partial charge in [-0.1, -0.05) is 12.8 Å². The molecule has 0 aromatic rings. The summed E-state index contributed by atoms with van der Waals surface area (Å²) in [6, 6.07) is 0.188. The van der Waals surface area contributed by atoms with Gasteiger partial charge in [-0.15, -0.1) is 0 Å². The third kappa shape index (κ3) is 3.68. The minimum absolute atomic E-state index is 0.188. The highest BCUT2D eigenvalue weighted by molar-refractivity contribution is 5.67. The zero-order valence-electron chi connectivity index (χ0n) is 10.4. The van der Waals surface area contributed by atoms with E-state index in [-0.39, 0.29) is 12.5 Å². The van der Waals surface area contributed by atoms with E-state index in [1.807, 2.05) is 0 Å². The van der Waals surface area contributed by atoms with Crippen LogP contribution in [0.5, 0.6) is 0 Å². The molecule has 2 fully saturated rings.